The fourth-order valence-electron chi connectivity index (χ4n) is 2.21. The Bertz CT molecular complexity index is 422. The molecule has 0 radical (unpaired) electrons. The van der Waals surface area contributed by atoms with E-state index in [4.69, 9.17) is 0 Å². The zero-order valence-corrected chi connectivity index (χ0v) is 11.7. The van der Waals surface area contributed by atoms with Gasteiger partial charge in [0.05, 0.1) is 0 Å². The van der Waals surface area contributed by atoms with Gasteiger partial charge in [0.15, 0.2) is 0 Å². The standard InChI is InChI=1S/C16H21NS/c1-2-17-12-16(15-6-4-3-5-7-15)9-8-14-10-11-18-13-14/h3-7,10-11,13,16-17H,2,8-9,12H2,1H3. The number of thiophene rings is 1. The molecule has 2 rings (SSSR count). The molecule has 1 unspecified atom stereocenters. The minimum Gasteiger partial charge on any atom is -0.316 e. The number of hydrogen-bond donors (Lipinski definition) is 1. The van der Waals surface area contributed by atoms with E-state index in [-0.39, 0.29) is 0 Å². The van der Waals surface area contributed by atoms with Crippen molar-refractivity contribution in [2.75, 3.05) is 13.1 Å². The molecule has 0 aliphatic carbocycles. The summed E-state index contributed by atoms with van der Waals surface area (Å²) in [6, 6.07) is 13.1. The average Bonchev–Trinajstić information content (AvgIpc) is 2.93. The molecule has 1 atom stereocenters. The Labute approximate surface area is 114 Å². The quantitative estimate of drug-likeness (QED) is 0.790. The normalized spacial score (nSPS) is 12.5. The van der Waals surface area contributed by atoms with Crippen molar-refractivity contribution in [2.24, 2.45) is 0 Å². The molecule has 0 saturated heterocycles. The van der Waals surface area contributed by atoms with Crippen LogP contribution >= 0.6 is 11.3 Å². The van der Waals surface area contributed by atoms with Crippen LogP contribution in [0, 0.1) is 0 Å². The van der Waals surface area contributed by atoms with Gasteiger partial charge in [-0.05, 0) is 53.3 Å². The molecular formula is C16H21NS. The zero-order chi connectivity index (χ0) is 12.6. The second-order valence-corrected chi connectivity index (χ2v) is 5.37. The Morgan fingerprint density at radius 3 is 2.67 bits per heavy atom. The number of likely N-dealkylation sites (N-methyl/N-ethyl adjacent to an activating group) is 1. The van der Waals surface area contributed by atoms with E-state index in [2.05, 4.69) is 59.4 Å². The van der Waals surface area contributed by atoms with Crippen molar-refractivity contribution in [2.45, 2.75) is 25.7 Å². The van der Waals surface area contributed by atoms with Crippen LogP contribution in [0.2, 0.25) is 0 Å². The van der Waals surface area contributed by atoms with Gasteiger partial charge < -0.3 is 5.32 Å². The van der Waals surface area contributed by atoms with Gasteiger partial charge in [-0.1, -0.05) is 37.3 Å². The highest BCUT2D eigenvalue weighted by molar-refractivity contribution is 7.07. The van der Waals surface area contributed by atoms with Crippen molar-refractivity contribution >= 4 is 11.3 Å². The largest absolute Gasteiger partial charge is 0.316 e. The summed E-state index contributed by atoms with van der Waals surface area (Å²) in [4.78, 5) is 0. The van der Waals surface area contributed by atoms with E-state index >= 15 is 0 Å². The Morgan fingerprint density at radius 1 is 1.17 bits per heavy atom. The summed E-state index contributed by atoms with van der Waals surface area (Å²) < 4.78 is 0. The molecule has 1 heterocycles. The van der Waals surface area contributed by atoms with E-state index < -0.39 is 0 Å². The summed E-state index contributed by atoms with van der Waals surface area (Å²) in [6.07, 6.45) is 2.39. The van der Waals surface area contributed by atoms with Crippen molar-refractivity contribution in [1.29, 1.82) is 0 Å². The molecule has 1 N–H and O–H groups in total. The van der Waals surface area contributed by atoms with Crippen LogP contribution < -0.4 is 5.32 Å². The first-order valence-electron chi connectivity index (χ1n) is 6.67. The summed E-state index contributed by atoms with van der Waals surface area (Å²) in [5.41, 5.74) is 2.92. The van der Waals surface area contributed by atoms with Crippen molar-refractivity contribution in [3.8, 4) is 0 Å². The summed E-state index contributed by atoms with van der Waals surface area (Å²) in [5.74, 6) is 0.617. The highest BCUT2D eigenvalue weighted by atomic mass is 32.1. The van der Waals surface area contributed by atoms with Crippen LogP contribution in [0.15, 0.2) is 47.2 Å². The molecule has 18 heavy (non-hydrogen) atoms. The predicted molar refractivity (Wildman–Crippen MR) is 80.4 cm³/mol. The molecule has 0 aliphatic rings. The lowest BCUT2D eigenvalue weighted by atomic mass is 9.93. The van der Waals surface area contributed by atoms with Crippen LogP contribution in [0.5, 0.6) is 0 Å². The molecule has 96 valence electrons. The van der Waals surface area contributed by atoms with Crippen LogP contribution in [-0.2, 0) is 6.42 Å². The second kappa shape index (κ2) is 7.34. The number of aryl methyl sites for hydroxylation is 1. The Morgan fingerprint density at radius 2 is 2.00 bits per heavy atom. The fraction of sp³-hybridized carbons (Fsp3) is 0.375. The molecule has 0 spiro atoms. The molecule has 2 heteroatoms. The monoisotopic (exact) mass is 259 g/mol. The van der Waals surface area contributed by atoms with Crippen LogP contribution in [0.4, 0.5) is 0 Å². The Balaban J connectivity index is 1.96. The minimum atomic E-state index is 0.617. The van der Waals surface area contributed by atoms with E-state index in [0.29, 0.717) is 5.92 Å². The van der Waals surface area contributed by atoms with Gasteiger partial charge in [-0.25, -0.2) is 0 Å². The smallest absolute Gasteiger partial charge is 0.00201 e. The Hall–Kier alpha value is -1.12. The first-order chi connectivity index (χ1) is 8.90. The van der Waals surface area contributed by atoms with Gasteiger partial charge in [0.1, 0.15) is 0 Å². The SMILES string of the molecule is CCNCC(CCc1ccsc1)c1ccccc1. The number of rotatable bonds is 7. The number of nitrogens with one attached hydrogen (secondary N) is 1. The lowest BCUT2D eigenvalue weighted by molar-refractivity contribution is 0.562. The lowest BCUT2D eigenvalue weighted by Crippen LogP contribution is -2.21. The molecule has 0 fully saturated rings. The zero-order valence-electron chi connectivity index (χ0n) is 10.9. The van der Waals surface area contributed by atoms with Gasteiger partial charge in [0.25, 0.3) is 0 Å². The van der Waals surface area contributed by atoms with Gasteiger partial charge in [0, 0.05) is 6.54 Å². The van der Waals surface area contributed by atoms with Crippen LogP contribution in [0.25, 0.3) is 0 Å². The first-order valence-corrected chi connectivity index (χ1v) is 7.61. The maximum Gasteiger partial charge on any atom is 0.00201 e. The summed E-state index contributed by atoms with van der Waals surface area (Å²) in [7, 11) is 0. The van der Waals surface area contributed by atoms with Crippen molar-refractivity contribution < 1.29 is 0 Å². The molecule has 1 aromatic carbocycles. The maximum atomic E-state index is 3.48. The third kappa shape index (κ3) is 3.97. The van der Waals surface area contributed by atoms with Crippen molar-refractivity contribution in [3.05, 3.63) is 58.3 Å². The fourth-order valence-corrected chi connectivity index (χ4v) is 2.91. The van der Waals surface area contributed by atoms with E-state index in [9.17, 15) is 0 Å². The minimum absolute atomic E-state index is 0.617. The molecule has 1 nitrogen and oxygen atoms in total. The van der Waals surface area contributed by atoms with Crippen LogP contribution in [-0.4, -0.2) is 13.1 Å². The van der Waals surface area contributed by atoms with E-state index in [1.165, 1.54) is 24.0 Å². The van der Waals surface area contributed by atoms with Crippen molar-refractivity contribution in [3.63, 3.8) is 0 Å². The first kappa shape index (κ1) is 13.3. The van der Waals surface area contributed by atoms with E-state index in [1.807, 2.05) is 0 Å². The molecular weight excluding hydrogens is 238 g/mol. The van der Waals surface area contributed by atoms with Crippen molar-refractivity contribution in [1.82, 2.24) is 5.32 Å². The second-order valence-electron chi connectivity index (χ2n) is 4.59. The maximum absolute atomic E-state index is 3.48. The van der Waals surface area contributed by atoms with E-state index in [1.54, 1.807) is 11.3 Å². The van der Waals surface area contributed by atoms with Crippen LogP contribution in [0.3, 0.4) is 0 Å². The average molecular weight is 259 g/mol. The molecule has 0 bridgehead atoms. The topological polar surface area (TPSA) is 12.0 Å². The van der Waals surface area contributed by atoms with Crippen LogP contribution in [0.1, 0.15) is 30.4 Å². The third-order valence-electron chi connectivity index (χ3n) is 3.27. The molecule has 0 saturated carbocycles. The number of hydrogen-bond acceptors (Lipinski definition) is 2. The molecule has 2 aromatic rings. The number of benzene rings is 1. The van der Waals surface area contributed by atoms with Gasteiger partial charge in [-0.2, -0.15) is 11.3 Å². The van der Waals surface area contributed by atoms with Gasteiger partial charge in [-0.3, -0.25) is 0 Å². The van der Waals surface area contributed by atoms with Gasteiger partial charge in [-0.15, -0.1) is 0 Å². The molecule has 1 aromatic heterocycles. The predicted octanol–water partition coefficient (Wildman–Crippen LogP) is 4.07. The third-order valence-corrected chi connectivity index (χ3v) is 4.01. The summed E-state index contributed by atoms with van der Waals surface area (Å²) >= 11 is 1.79. The summed E-state index contributed by atoms with van der Waals surface area (Å²) in [6.45, 7) is 4.29. The lowest BCUT2D eigenvalue weighted by Gasteiger charge is -2.17. The summed E-state index contributed by atoms with van der Waals surface area (Å²) in [5, 5.41) is 7.90. The van der Waals surface area contributed by atoms with Gasteiger partial charge in [0.2, 0.25) is 0 Å². The molecule has 0 amide bonds. The van der Waals surface area contributed by atoms with Gasteiger partial charge >= 0.3 is 0 Å². The van der Waals surface area contributed by atoms with E-state index in [0.717, 1.165) is 13.1 Å². The highest BCUT2D eigenvalue weighted by Gasteiger charge is 2.10. The Kier molecular flexibility index (Phi) is 5.43. The highest BCUT2D eigenvalue weighted by Crippen LogP contribution is 2.21. The molecule has 0 aliphatic heterocycles.